The molecule has 0 aliphatic rings. The zero-order valence-corrected chi connectivity index (χ0v) is 16.7. The van der Waals surface area contributed by atoms with Gasteiger partial charge in [-0.3, -0.25) is 5.10 Å². The highest BCUT2D eigenvalue weighted by Gasteiger charge is 2.15. The summed E-state index contributed by atoms with van der Waals surface area (Å²) in [5, 5.41) is 16.5. The summed E-state index contributed by atoms with van der Waals surface area (Å²) in [6.07, 6.45) is 2.10. The number of ether oxygens (including phenoxy) is 1. The van der Waals surface area contributed by atoms with E-state index in [-0.39, 0.29) is 10.9 Å². The molecule has 9 heteroatoms. The maximum absolute atomic E-state index is 11.7. The molecule has 0 amide bonds. The molecule has 0 radical (unpaired) electrons. The predicted octanol–water partition coefficient (Wildman–Crippen LogP) is 4.02. The van der Waals surface area contributed by atoms with Crippen LogP contribution in [0.25, 0.3) is 17.4 Å². The number of carbonyl (C=O) groups excluding carboxylic acids is 1. The Hall–Kier alpha value is -3.33. The molecule has 150 valence electrons. The van der Waals surface area contributed by atoms with Crippen LogP contribution in [0.2, 0.25) is 0 Å². The van der Waals surface area contributed by atoms with Crippen LogP contribution in [-0.4, -0.2) is 38.8 Å². The second-order valence-electron chi connectivity index (χ2n) is 5.83. The van der Waals surface area contributed by atoms with Crippen molar-refractivity contribution in [3.05, 3.63) is 58.5 Å². The van der Waals surface area contributed by atoms with Crippen molar-refractivity contribution in [2.75, 3.05) is 6.61 Å². The van der Waals surface area contributed by atoms with Crippen LogP contribution in [0.1, 0.15) is 35.8 Å². The van der Waals surface area contributed by atoms with Crippen molar-refractivity contribution in [1.82, 2.24) is 15.2 Å². The zero-order chi connectivity index (χ0) is 20.8. The Morgan fingerprint density at radius 1 is 1.21 bits per heavy atom. The highest BCUT2D eigenvalue weighted by molar-refractivity contribution is 8.04. The molecule has 0 aliphatic heterocycles. The summed E-state index contributed by atoms with van der Waals surface area (Å²) >= 11 is 0.939. The number of benzene rings is 1. The number of carboxylic acid groups (broad SMARTS) is 1. The Bertz CT molecular complexity index is 1040. The minimum atomic E-state index is -1.10. The van der Waals surface area contributed by atoms with Gasteiger partial charge in [0, 0.05) is 18.1 Å². The lowest BCUT2D eigenvalue weighted by molar-refractivity contribution is -0.131. The van der Waals surface area contributed by atoms with E-state index in [0.717, 1.165) is 17.3 Å². The van der Waals surface area contributed by atoms with Crippen molar-refractivity contribution < 1.29 is 23.8 Å². The molecular formula is C20H19N3O5S. The lowest BCUT2D eigenvalue weighted by atomic mass is 10.1. The maximum atomic E-state index is 11.7. The molecule has 0 saturated carbocycles. The molecule has 8 nitrogen and oxygen atoms in total. The number of hydrogen-bond acceptors (Lipinski definition) is 7. The Labute approximate surface area is 171 Å². The summed E-state index contributed by atoms with van der Waals surface area (Å²) in [5.41, 5.74) is 1.20. The summed E-state index contributed by atoms with van der Waals surface area (Å²) in [7, 11) is 0. The number of aliphatic carboxylic acids is 1. The lowest BCUT2D eigenvalue weighted by Crippen LogP contribution is -2.03. The molecule has 2 N–H and O–H groups in total. The molecule has 0 fully saturated rings. The van der Waals surface area contributed by atoms with E-state index in [2.05, 4.69) is 15.2 Å². The van der Waals surface area contributed by atoms with Crippen molar-refractivity contribution >= 4 is 29.8 Å². The summed E-state index contributed by atoms with van der Waals surface area (Å²) in [4.78, 5) is 27.5. The van der Waals surface area contributed by atoms with Gasteiger partial charge >= 0.3 is 11.9 Å². The van der Waals surface area contributed by atoms with Crippen molar-refractivity contribution in [2.24, 2.45) is 0 Å². The van der Waals surface area contributed by atoms with E-state index in [4.69, 9.17) is 9.15 Å². The van der Waals surface area contributed by atoms with Crippen molar-refractivity contribution in [3.63, 3.8) is 0 Å². The standard InChI is InChI=1S/C20H19N3O5S/c1-3-17-21-20(23-22-17)29-16(18(24)25)11-14-9-10-15(28-14)12-5-7-13(8-6-12)19(26)27-4-2/h5-11H,3-4H2,1-2H3,(H,24,25)(H,21,22,23)/b16-11+. The van der Waals surface area contributed by atoms with Gasteiger partial charge in [-0.25, -0.2) is 14.6 Å². The fourth-order valence-electron chi connectivity index (χ4n) is 2.41. The average Bonchev–Trinajstić information content (AvgIpc) is 3.37. The van der Waals surface area contributed by atoms with Crippen LogP contribution in [-0.2, 0) is 16.0 Å². The number of furan rings is 1. The normalized spacial score (nSPS) is 11.4. The molecule has 1 aromatic carbocycles. The van der Waals surface area contributed by atoms with Crippen molar-refractivity contribution in [3.8, 4) is 11.3 Å². The molecule has 0 bridgehead atoms. The van der Waals surface area contributed by atoms with E-state index in [1.165, 1.54) is 6.08 Å². The average molecular weight is 413 g/mol. The summed E-state index contributed by atoms with van der Waals surface area (Å²) in [6, 6.07) is 10.2. The van der Waals surface area contributed by atoms with Crippen LogP contribution in [0.5, 0.6) is 0 Å². The number of H-pyrrole nitrogens is 1. The molecule has 0 atom stereocenters. The van der Waals surface area contributed by atoms with Gasteiger partial charge in [-0.1, -0.05) is 19.1 Å². The van der Waals surface area contributed by atoms with Crippen molar-refractivity contribution in [1.29, 1.82) is 0 Å². The second-order valence-corrected chi connectivity index (χ2v) is 6.84. The van der Waals surface area contributed by atoms with E-state index >= 15 is 0 Å². The van der Waals surface area contributed by atoms with Crippen LogP contribution < -0.4 is 0 Å². The molecule has 2 aromatic heterocycles. The molecule has 29 heavy (non-hydrogen) atoms. The number of aromatic nitrogens is 3. The van der Waals surface area contributed by atoms with E-state index in [9.17, 15) is 14.7 Å². The third-order valence-electron chi connectivity index (χ3n) is 3.84. The van der Waals surface area contributed by atoms with Gasteiger partial charge in [0.15, 0.2) is 0 Å². The van der Waals surface area contributed by atoms with E-state index in [0.29, 0.717) is 41.1 Å². The van der Waals surface area contributed by atoms with E-state index in [1.807, 2.05) is 6.92 Å². The van der Waals surface area contributed by atoms with Gasteiger partial charge in [0.1, 0.15) is 22.3 Å². The highest BCUT2D eigenvalue weighted by atomic mass is 32.2. The van der Waals surface area contributed by atoms with Gasteiger partial charge in [0.2, 0.25) is 5.16 Å². The molecule has 0 saturated heterocycles. The largest absolute Gasteiger partial charge is 0.477 e. The Kier molecular flexibility index (Phi) is 6.50. The number of carbonyl (C=O) groups is 2. The number of aryl methyl sites for hydroxylation is 1. The molecule has 3 rings (SSSR count). The van der Waals surface area contributed by atoms with Crippen LogP contribution in [0, 0.1) is 0 Å². The summed E-state index contributed by atoms with van der Waals surface area (Å²) < 4.78 is 10.7. The highest BCUT2D eigenvalue weighted by Crippen LogP contribution is 2.28. The number of rotatable bonds is 8. The summed E-state index contributed by atoms with van der Waals surface area (Å²) in [5.74, 6) is 0.125. The number of aromatic amines is 1. The SMILES string of the molecule is CCOC(=O)c1ccc(-c2ccc(/C=C(/Sc3n[nH]c(CC)n3)C(=O)O)o2)cc1. The van der Waals surface area contributed by atoms with Gasteiger partial charge in [0.05, 0.1) is 12.2 Å². The number of thioether (sulfide) groups is 1. The quantitative estimate of drug-likeness (QED) is 0.323. The minimum absolute atomic E-state index is 0.0326. The Balaban J connectivity index is 1.78. The summed E-state index contributed by atoms with van der Waals surface area (Å²) in [6.45, 7) is 3.98. The van der Waals surface area contributed by atoms with Gasteiger partial charge in [0.25, 0.3) is 0 Å². The Morgan fingerprint density at radius 2 is 1.97 bits per heavy atom. The zero-order valence-electron chi connectivity index (χ0n) is 15.8. The van der Waals surface area contributed by atoms with Crippen LogP contribution in [0.15, 0.2) is 50.9 Å². The Morgan fingerprint density at radius 3 is 2.59 bits per heavy atom. The molecule has 0 unspecified atom stereocenters. The van der Waals surface area contributed by atoms with Gasteiger partial charge in [-0.05, 0) is 43.0 Å². The number of hydrogen-bond donors (Lipinski definition) is 2. The first-order valence-corrected chi connectivity index (χ1v) is 9.73. The monoisotopic (exact) mass is 413 g/mol. The van der Waals surface area contributed by atoms with Crippen LogP contribution >= 0.6 is 11.8 Å². The predicted molar refractivity (Wildman–Crippen MR) is 107 cm³/mol. The van der Waals surface area contributed by atoms with Crippen LogP contribution in [0.3, 0.4) is 0 Å². The van der Waals surface area contributed by atoms with E-state index < -0.39 is 5.97 Å². The molecule has 2 heterocycles. The number of nitrogens with zero attached hydrogens (tertiary/aromatic N) is 2. The second kappa shape index (κ2) is 9.24. The third-order valence-corrected chi connectivity index (χ3v) is 4.72. The molecule has 0 spiro atoms. The molecular weight excluding hydrogens is 394 g/mol. The minimum Gasteiger partial charge on any atom is -0.477 e. The van der Waals surface area contributed by atoms with Gasteiger partial charge < -0.3 is 14.3 Å². The molecule has 0 aliphatic carbocycles. The fraction of sp³-hybridized carbons (Fsp3) is 0.200. The van der Waals surface area contributed by atoms with Crippen molar-refractivity contribution in [2.45, 2.75) is 25.4 Å². The fourth-order valence-corrected chi connectivity index (χ4v) is 3.12. The van der Waals surface area contributed by atoms with Gasteiger partial charge in [-0.2, -0.15) is 0 Å². The topological polar surface area (TPSA) is 118 Å². The lowest BCUT2D eigenvalue weighted by Gasteiger charge is -2.02. The first-order chi connectivity index (χ1) is 14.0. The third kappa shape index (κ3) is 5.14. The van der Waals surface area contributed by atoms with Gasteiger partial charge in [-0.15, -0.1) is 5.10 Å². The number of carboxylic acids is 1. The first-order valence-electron chi connectivity index (χ1n) is 8.91. The van der Waals surface area contributed by atoms with Crippen LogP contribution in [0.4, 0.5) is 0 Å². The number of nitrogens with one attached hydrogen (secondary N) is 1. The molecule has 3 aromatic rings. The number of esters is 1. The smallest absolute Gasteiger partial charge is 0.342 e. The first kappa shape index (κ1) is 20.4. The van der Waals surface area contributed by atoms with E-state index in [1.54, 1.807) is 43.3 Å². The maximum Gasteiger partial charge on any atom is 0.342 e.